The normalized spacial score (nSPS) is 24.5. The summed E-state index contributed by atoms with van der Waals surface area (Å²) in [4.78, 5) is 27.0. The van der Waals surface area contributed by atoms with E-state index in [0.717, 1.165) is 50.8 Å². The van der Waals surface area contributed by atoms with Gasteiger partial charge in [-0.3, -0.25) is 9.36 Å². The number of carbonyl (C=O) groups excluding carboxylic acids is 1. The van der Waals surface area contributed by atoms with Gasteiger partial charge in [-0.25, -0.2) is 19.3 Å². The third kappa shape index (κ3) is 6.62. The molecule has 10 heteroatoms. The van der Waals surface area contributed by atoms with Crippen LogP contribution in [0.2, 0.25) is 0 Å². The second-order valence-corrected chi connectivity index (χ2v) is 11.1. The van der Waals surface area contributed by atoms with Crippen LogP contribution in [0, 0.1) is 17.7 Å². The predicted octanol–water partition coefficient (Wildman–Crippen LogP) is 4.24. The van der Waals surface area contributed by atoms with Crippen molar-refractivity contribution in [1.29, 1.82) is 0 Å². The molecule has 2 saturated carbocycles. The smallest absolute Gasteiger partial charge is 0.210 e. The lowest BCUT2D eigenvalue weighted by Crippen LogP contribution is -2.25. The zero-order valence-corrected chi connectivity index (χ0v) is 22.2. The quantitative estimate of drug-likeness (QED) is 0.301. The van der Waals surface area contributed by atoms with Crippen molar-refractivity contribution < 1.29 is 24.5 Å². The highest BCUT2D eigenvalue weighted by Crippen LogP contribution is 2.38. The molecule has 0 radical (unpaired) electrons. The molecule has 0 unspecified atom stereocenters. The Labute approximate surface area is 227 Å². The number of para-hydroxylation sites is 1. The van der Waals surface area contributed by atoms with Gasteiger partial charge in [-0.2, -0.15) is 0 Å². The summed E-state index contributed by atoms with van der Waals surface area (Å²) in [5, 5.41) is 31.7. The molecule has 4 N–H and O–H groups in total. The first-order valence-corrected chi connectivity index (χ1v) is 14.2. The zero-order chi connectivity index (χ0) is 27.4. The Kier molecular flexibility index (Phi) is 8.84. The Bertz CT molecular complexity index is 1270. The number of aromatic nitrogens is 4. The van der Waals surface area contributed by atoms with Gasteiger partial charge in [0, 0.05) is 24.8 Å². The number of nitrogens with one attached hydrogen (secondary N) is 1. The molecule has 210 valence electrons. The van der Waals surface area contributed by atoms with Gasteiger partial charge in [-0.05, 0) is 75.8 Å². The average molecular weight is 540 g/mol. The fourth-order valence-corrected chi connectivity index (χ4v) is 6.01. The van der Waals surface area contributed by atoms with Crippen molar-refractivity contribution in [2.75, 3.05) is 11.9 Å². The van der Waals surface area contributed by atoms with Crippen LogP contribution in [0.25, 0.3) is 11.2 Å². The summed E-state index contributed by atoms with van der Waals surface area (Å²) in [6.45, 7) is -0.335. The zero-order valence-electron chi connectivity index (χ0n) is 22.2. The molecule has 1 aromatic carbocycles. The first-order chi connectivity index (χ1) is 18.9. The van der Waals surface area contributed by atoms with E-state index in [4.69, 9.17) is 15.1 Å². The lowest BCUT2D eigenvalue weighted by molar-refractivity contribution is -0.124. The number of hydrogen-bond acceptors (Lipinski definition) is 8. The van der Waals surface area contributed by atoms with Crippen LogP contribution in [0.1, 0.15) is 76.1 Å². The summed E-state index contributed by atoms with van der Waals surface area (Å²) in [6, 6.07) is 6.51. The molecule has 0 aliphatic heterocycles. The van der Waals surface area contributed by atoms with E-state index in [0.29, 0.717) is 41.6 Å². The third-order valence-corrected chi connectivity index (χ3v) is 8.34. The molecule has 2 heterocycles. The number of aliphatic hydroxyl groups is 3. The number of aliphatic hydroxyl groups excluding tert-OH is 3. The number of hydrogen-bond donors (Lipinski definition) is 4. The van der Waals surface area contributed by atoms with E-state index in [9.17, 15) is 19.4 Å². The van der Waals surface area contributed by atoms with E-state index in [1.807, 2.05) is 4.57 Å². The molecule has 2 aliphatic carbocycles. The average Bonchev–Trinajstić information content (AvgIpc) is 3.31. The van der Waals surface area contributed by atoms with E-state index in [1.54, 1.807) is 24.4 Å². The van der Waals surface area contributed by atoms with Gasteiger partial charge in [0.05, 0.1) is 30.7 Å². The van der Waals surface area contributed by atoms with E-state index in [-0.39, 0.29) is 49.1 Å². The largest absolute Gasteiger partial charge is 0.394 e. The van der Waals surface area contributed by atoms with Gasteiger partial charge in [0.2, 0.25) is 5.95 Å². The van der Waals surface area contributed by atoms with Gasteiger partial charge in [0.15, 0.2) is 5.65 Å². The topological polar surface area (TPSA) is 133 Å². The number of nitrogens with zero attached hydrogens (tertiary/aromatic N) is 4. The van der Waals surface area contributed by atoms with Crippen LogP contribution >= 0.6 is 0 Å². The lowest BCUT2D eigenvalue weighted by atomic mass is 9.82. The number of anilines is 2. The molecule has 5 rings (SSSR count). The van der Waals surface area contributed by atoms with Gasteiger partial charge in [0.25, 0.3) is 0 Å². The first kappa shape index (κ1) is 27.6. The van der Waals surface area contributed by atoms with Gasteiger partial charge < -0.3 is 20.6 Å². The summed E-state index contributed by atoms with van der Waals surface area (Å²) in [5.74, 6) is 1.36. The van der Waals surface area contributed by atoms with E-state index >= 15 is 0 Å². The van der Waals surface area contributed by atoms with Crippen LogP contribution in [-0.4, -0.2) is 59.4 Å². The number of carbonyl (C=O) groups is 1. The van der Waals surface area contributed by atoms with Crippen molar-refractivity contribution in [3.8, 4) is 0 Å². The molecule has 0 saturated heterocycles. The van der Waals surface area contributed by atoms with Crippen LogP contribution in [0.4, 0.5) is 16.0 Å². The number of Topliss-reactive ketones (excluding diaryl/α,β-unsaturated/α-hetero) is 1. The SMILES string of the molecule is O=C(CC[C@H](O)CO)C1CCC(n2c(Nc3ccccc3F)nc3cnc(CC4CCC(O)CC4)nc32)CC1. The van der Waals surface area contributed by atoms with Crippen molar-refractivity contribution in [2.24, 2.45) is 11.8 Å². The van der Waals surface area contributed by atoms with Crippen molar-refractivity contribution in [3.05, 3.63) is 42.1 Å². The van der Waals surface area contributed by atoms with Gasteiger partial charge in [-0.1, -0.05) is 12.1 Å². The predicted molar refractivity (Wildman–Crippen MR) is 145 cm³/mol. The summed E-state index contributed by atoms with van der Waals surface area (Å²) < 4.78 is 16.6. The van der Waals surface area contributed by atoms with Crippen molar-refractivity contribution in [1.82, 2.24) is 19.5 Å². The molecule has 39 heavy (non-hydrogen) atoms. The molecule has 1 atom stereocenters. The number of benzene rings is 1. The molecule has 9 nitrogen and oxygen atoms in total. The molecule has 0 bridgehead atoms. The molecule has 3 aromatic rings. The fraction of sp³-hybridized carbons (Fsp3) is 0.586. The molecular weight excluding hydrogens is 501 g/mol. The van der Waals surface area contributed by atoms with Crippen molar-refractivity contribution in [2.45, 2.75) is 88.9 Å². The molecule has 0 amide bonds. The number of fused-ring (bicyclic) bond motifs is 1. The van der Waals surface area contributed by atoms with Crippen LogP contribution in [0.5, 0.6) is 0 Å². The highest BCUT2D eigenvalue weighted by Gasteiger charge is 2.30. The molecule has 2 aliphatic rings. The number of ketones is 1. The van der Waals surface area contributed by atoms with Gasteiger partial charge in [0.1, 0.15) is 22.9 Å². The lowest BCUT2D eigenvalue weighted by Gasteiger charge is -2.30. The summed E-state index contributed by atoms with van der Waals surface area (Å²) in [6.07, 6.45) is 8.38. The Morgan fingerprint density at radius 2 is 1.82 bits per heavy atom. The maximum atomic E-state index is 14.5. The maximum Gasteiger partial charge on any atom is 0.210 e. The highest BCUT2D eigenvalue weighted by molar-refractivity contribution is 5.81. The Hall–Kier alpha value is -2.95. The first-order valence-electron chi connectivity index (χ1n) is 14.2. The second-order valence-electron chi connectivity index (χ2n) is 11.1. The minimum atomic E-state index is -0.859. The number of halogens is 1. The summed E-state index contributed by atoms with van der Waals surface area (Å²) in [5.41, 5.74) is 1.66. The summed E-state index contributed by atoms with van der Waals surface area (Å²) in [7, 11) is 0. The standard InChI is InChI=1S/C29H38FN5O4/c30-23-3-1-2-4-24(23)32-29-33-25-16-31-27(15-18-5-11-21(37)12-6-18)34-28(25)35(29)20-9-7-19(8-10-20)26(39)14-13-22(38)17-36/h1-4,16,18-22,36-38H,5-15,17H2,(H,32,33)/t18?,19?,20?,21?,22-/m0/s1. The van der Waals surface area contributed by atoms with E-state index in [2.05, 4.69) is 10.3 Å². The highest BCUT2D eigenvalue weighted by atomic mass is 19.1. The van der Waals surface area contributed by atoms with Crippen LogP contribution in [0.3, 0.4) is 0 Å². The van der Waals surface area contributed by atoms with E-state index in [1.165, 1.54) is 6.07 Å². The molecular formula is C29H38FN5O4. The van der Waals surface area contributed by atoms with Crippen molar-refractivity contribution >= 4 is 28.6 Å². The van der Waals surface area contributed by atoms with Crippen LogP contribution in [0.15, 0.2) is 30.5 Å². The molecule has 0 spiro atoms. The third-order valence-electron chi connectivity index (χ3n) is 8.34. The van der Waals surface area contributed by atoms with Gasteiger partial charge >= 0.3 is 0 Å². The maximum absolute atomic E-state index is 14.5. The minimum Gasteiger partial charge on any atom is -0.394 e. The Balaban J connectivity index is 1.38. The monoisotopic (exact) mass is 539 g/mol. The Morgan fingerprint density at radius 3 is 2.54 bits per heavy atom. The van der Waals surface area contributed by atoms with Gasteiger partial charge in [-0.15, -0.1) is 0 Å². The minimum absolute atomic E-state index is 0.0314. The number of rotatable bonds is 10. The fourth-order valence-electron chi connectivity index (χ4n) is 6.01. The number of imidazole rings is 1. The second kappa shape index (κ2) is 12.5. The summed E-state index contributed by atoms with van der Waals surface area (Å²) >= 11 is 0. The van der Waals surface area contributed by atoms with Crippen molar-refractivity contribution in [3.63, 3.8) is 0 Å². The molecule has 2 fully saturated rings. The Morgan fingerprint density at radius 1 is 1.08 bits per heavy atom. The van der Waals surface area contributed by atoms with E-state index < -0.39 is 6.10 Å². The van der Waals surface area contributed by atoms with Crippen LogP contribution < -0.4 is 5.32 Å². The van der Waals surface area contributed by atoms with Crippen LogP contribution in [-0.2, 0) is 11.2 Å². The molecule has 2 aromatic heterocycles.